The van der Waals surface area contributed by atoms with Gasteiger partial charge in [-0.05, 0) is 32.4 Å². The summed E-state index contributed by atoms with van der Waals surface area (Å²) in [5, 5.41) is 20.2. The summed E-state index contributed by atoms with van der Waals surface area (Å²) in [5.74, 6) is 0. The Labute approximate surface area is 68.4 Å². The first-order valence-corrected chi connectivity index (χ1v) is 4.34. The Morgan fingerprint density at radius 2 is 1.82 bits per heavy atom. The molecule has 0 heterocycles. The van der Waals surface area contributed by atoms with Gasteiger partial charge in [0, 0.05) is 0 Å². The smallest absolute Gasteiger partial charge is 0.151 e. The van der Waals surface area contributed by atoms with E-state index in [2.05, 4.69) is 12.2 Å². The SMILES string of the molecule is CCCCNCCCC(O)O. The molecule has 0 aliphatic carbocycles. The second kappa shape index (κ2) is 7.98. The van der Waals surface area contributed by atoms with Crippen molar-refractivity contribution in [2.24, 2.45) is 0 Å². The average molecular weight is 161 g/mol. The van der Waals surface area contributed by atoms with Crippen molar-refractivity contribution < 1.29 is 10.2 Å². The van der Waals surface area contributed by atoms with Crippen molar-refractivity contribution in [3.05, 3.63) is 0 Å². The van der Waals surface area contributed by atoms with Gasteiger partial charge in [0.15, 0.2) is 6.29 Å². The summed E-state index contributed by atoms with van der Waals surface area (Å²) in [5.41, 5.74) is 0. The molecule has 0 aliphatic rings. The van der Waals surface area contributed by atoms with E-state index in [1.54, 1.807) is 0 Å². The van der Waals surface area contributed by atoms with Gasteiger partial charge in [-0.3, -0.25) is 0 Å². The number of nitrogens with one attached hydrogen (secondary N) is 1. The molecule has 0 aromatic rings. The van der Waals surface area contributed by atoms with Crippen LogP contribution in [0.3, 0.4) is 0 Å². The first kappa shape index (κ1) is 10.9. The second-order valence-corrected chi connectivity index (χ2v) is 2.73. The van der Waals surface area contributed by atoms with E-state index >= 15 is 0 Å². The molecule has 0 amide bonds. The molecule has 0 radical (unpaired) electrons. The van der Waals surface area contributed by atoms with E-state index in [-0.39, 0.29) is 0 Å². The molecule has 0 aromatic heterocycles. The zero-order valence-corrected chi connectivity index (χ0v) is 7.21. The summed E-state index contributed by atoms with van der Waals surface area (Å²) in [6.45, 7) is 4.08. The molecule has 0 unspecified atom stereocenters. The molecule has 0 saturated carbocycles. The third-order valence-corrected chi connectivity index (χ3v) is 1.52. The lowest BCUT2D eigenvalue weighted by atomic mass is 10.3. The third-order valence-electron chi connectivity index (χ3n) is 1.52. The zero-order chi connectivity index (χ0) is 8.53. The minimum atomic E-state index is -1.14. The fraction of sp³-hybridized carbons (Fsp3) is 1.00. The topological polar surface area (TPSA) is 52.5 Å². The van der Waals surface area contributed by atoms with Crippen molar-refractivity contribution in [1.29, 1.82) is 0 Å². The number of aliphatic hydroxyl groups excluding tert-OH is 1. The molecule has 3 nitrogen and oxygen atoms in total. The van der Waals surface area contributed by atoms with Crippen LogP contribution in [-0.2, 0) is 0 Å². The van der Waals surface area contributed by atoms with Crippen molar-refractivity contribution in [3.8, 4) is 0 Å². The number of rotatable bonds is 7. The Morgan fingerprint density at radius 1 is 1.18 bits per heavy atom. The lowest BCUT2D eigenvalue weighted by molar-refractivity contribution is -0.0460. The van der Waals surface area contributed by atoms with E-state index in [0.29, 0.717) is 6.42 Å². The summed E-state index contributed by atoms with van der Waals surface area (Å²) >= 11 is 0. The summed E-state index contributed by atoms with van der Waals surface area (Å²) in [6, 6.07) is 0. The molecule has 3 N–H and O–H groups in total. The van der Waals surface area contributed by atoms with Crippen molar-refractivity contribution in [3.63, 3.8) is 0 Å². The highest BCUT2D eigenvalue weighted by Crippen LogP contribution is 1.91. The van der Waals surface area contributed by atoms with Gasteiger partial charge in [0.2, 0.25) is 0 Å². The first-order valence-electron chi connectivity index (χ1n) is 4.34. The average Bonchev–Trinajstić information content (AvgIpc) is 1.96. The largest absolute Gasteiger partial charge is 0.368 e. The fourth-order valence-electron chi connectivity index (χ4n) is 0.836. The van der Waals surface area contributed by atoms with E-state index < -0.39 is 6.29 Å². The molecular weight excluding hydrogens is 142 g/mol. The quantitative estimate of drug-likeness (QED) is 0.376. The third kappa shape index (κ3) is 9.88. The van der Waals surface area contributed by atoms with Crippen LogP contribution in [0, 0.1) is 0 Å². The van der Waals surface area contributed by atoms with Crippen LogP contribution < -0.4 is 5.32 Å². The highest BCUT2D eigenvalue weighted by Gasteiger charge is 1.95. The number of unbranched alkanes of at least 4 members (excludes halogenated alkanes) is 1. The monoisotopic (exact) mass is 161 g/mol. The van der Waals surface area contributed by atoms with Crippen LogP contribution in [0.25, 0.3) is 0 Å². The minimum absolute atomic E-state index is 0.471. The van der Waals surface area contributed by atoms with Gasteiger partial charge in [0.05, 0.1) is 0 Å². The van der Waals surface area contributed by atoms with Gasteiger partial charge in [-0.15, -0.1) is 0 Å². The van der Waals surface area contributed by atoms with Gasteiger partial charge in [0.25, 0.3) is 0 Å². The van der Waals surface area contributed by atoms with Gasteiger partial charge in [0.1, 0.15) is 0 Å². The molecule has 0 saturated heterocycles. The molecule has 0 rings (SSSR count). The lowest BCUT2D eigenvalue weighted by Gasteiger charge is -2.04. The molecule has 3 heteroatoms. The van der Waals surface area contributed by atoms with Crippen LogP contribution in [-0.4, -0.2) is 29.6 Å². The Hall–Kier alpha value is -0.120. The number of hydrogen-bond donors (Lipinski definition) is 3. The summed E-state index contributed by atoms with van der Waals surface area (Å²) in [7, 11) is 0. The molecule has 0 aromatic carbocycles. The molecule has 0 atom stereocenters. The molecule has 0 fully saturated rings. The maximum Gasteiger partial charge on any atom is 0.151 e. The zero-order valence-electron chi connectivity index (χ0n) is 7.21. The summed E-state index contributed by atoms with van der Waals surface area (Å²) in [4.78, 5) is 0. The second-order valence-electron chi connectivity index (χ2n) is 2.73. The van der Waals surface area contributed by atoms with Gasteiger partial charge in [-0.1, -0.05) is 13.3 Å². The fourth-order valence-corrected chi connectivity index (χ4v) is 0.836. The Morgan fingerprint density at radius 3 is 2.36 bits per heavy atom. The summed E-state index contributed by atoms with van der Waals surface area (Å²) < 4.78 is 0. The van der Waals surface area contributed by atoms with E-state index in [1.807, 2.05) is 0 Å². The van der Waals surface area contributed by atoms with Crippen molar-refractivity contribution in [2.45, 2.75) is 38.9 Å². The van der Waals surface area contributed by atoms with Crippen LogP contribution in [0.4, 0.5) is 0 Å². The number of aliphatic hydroxyl groups is 2. The molecule has 11 heavy (non-hydrogen) atoms. The molecule has 0 spiro atoms. The van der Waals surface area contributed by atoms with Crippen LogP contribution in [0.15, 0.2) is 0 Å². The van der Waals surface area contributed by atoms with Crippen molar-refractivity contribution >= 4 is 0 Å². The van der Waals surface area contributed by atoms with Crippen LogP contribution >= 0.6 is 0 Å². The van der Waals surface area contributed by atoms with Crippen LogP contribution in [0.1, 0.15) is 32.6 Å². The standard InChI is InChI=1S/C8H19NO2/c1-2-3-6-9-7-4-5-8(10)11/h8-11H,2-7H2,1H3. The lowest BCUT2D eigenvalue weighted by Crippen LogP contribution is -2.18. The molecule has 68 valence electrons. The van der Waals surface area contributed by atoms with E-state index in [0.717, 1.165) is 19.5 Å². The van der Waals surface area contributed by atoms with Crippen molar-refractivity contribution in [2.75, 3.05) is 13.1 Å². The van der Waals surface area contributed by atoms with Crippen LogP contribution in [0.2, 0.25) is 0 Å². The number of hydrogen-bond acceptors (Lipinski definition) is 3. The van der Waals surface area contributed by atoms with E-state index in [9.17, 15) is 0 Å². The Balaban J connectivity index is 2.80. The first-order chi connectivity index (χ1) is 5.27. The van der Waals surface area contributed by atoms with E-state index in [4.69, 9.17) is 10.2 Å². The normalized spacial score (nSPS) is 10.9. The maximum atomic E-state index is 8.48. The molecular formula is C8H19NO2. The predicted molar refractivity (Wildman–Crippen MR) is 45.2 cm³/mol. The van der Waals surface area contributed by atoms with Crippen molar-refractivity contribution in [1.82, 2.24) is 5.32 Å². The predicted octanol–water partition coefficient (Wildman–Crippen LogP) is 0.467. The maximum absolute atomic E-state index is 8.48. The highest BCUT2D eigenvalue weighted by molar-refractivity contribution is 4.48. The van der Waals surface area contributed by atoms with Gasteiger partial charge in [-0.2, -0.15) is 0 Å². The molecule has 0 bridgehead atoms. The Bertz CT molecular complexity index is 76.5. The minimum Gasteiger partial charge on any atom is -0.368 e. The summed E-state index contributed by atoms with van der Waals surface area (Å²) in [6.07, 6.45) is 2.57. The molecule has 0 aliphatic heterocycles. The van der Waals surface area contributed by atoms with Gasteiger partial charge in [-0.25, -0.2) is 0 Å². The Kier molecular flexibility index (Phi) is 7.89. The van der Waals surface area contributed by atoms with Crippen LogP contribution in [0.5, 0.6) is 0 Å². The van der Waals surface area contributed by atoms with E-state index in [1.165, 1.54) is 12.8 Å². The van der Waals surface area contributed by atoms with Gasteiger partial charge < -0.3 is 15.5 Å². The highest BCUT2D eigenvalue weighted by atomic mass is 16.5. The van der Waals surface area contributed by atoms with Gasteiger partial charge >= 0.3 is 0 Å².